The van der Waals surface area contributed by atoms with Crippen molar-refractivity contribution in [2.24, 2.45) is 0 Å². The molecule has 0 aromatic carbocycles. The van der Waals surface area contributed by atoms with Gasteiger partial charge in [-0.25, -0.2) is 10.0 Å². The summed E-state index contributed by atoms with van der Waals surface area (Å²) in [5.41, 5.74) is 0. The Morgan fingerprint density at radius 1 is 1.10 bits per heavy atom. The number of rotatable bonds is 4. The van der Waals surface area contributed by atoms with E-state index in [4.69, 9.17) is 0 Å². The Hall–Kier alpha value is -0.600. The first kappa shape index (κ1) is 9.40. The highest BCUT2D eigenvalue weighted by Gasteiger charge is 2.06. The summed E-state index contributed by atoms with van der Waals surface area (Å²) in [4.78, 5) is 0. The van der Waals surface area contributed by atoms with Crippen LogP contribution in [0.15, 0.2) is 25.3 Å². The lowest BCUT2D eigenvalue weighted by atomic mass is 10.3. The Kier molecular flexibility index (Phi) is 4.00. The van der Waals surface area contributed by atoms with Crippen LogP contribution in [0.25, 0.3) is 0 Å². The van der Waals surface area contributed by atoms with Gasteiger partial charge in [0.1, 0.15) is 0 Å². The molecule has 0 atom stereocenters. The van der Waals surface area contributed by atoms with Crippen LogP contribution >= 0.6 is 0 Å². The summed E-state index contributed by atoms with van der Waals surface area (Å²) in [6.07, 6.45) is 3.71. The maximum absolute atomic E-state index is 3.70. The summed E-state index contributed by atoms with van der Waals surface area (Å²) in [6, 6.07) is 0.231. The zero-order valence-corrected chi connectivity index (χ0v) is 7.04. The molecule has 2 nitrogen and oxygen atoms in total. The molecule has 0 amide bonds. The molecule has 0 radical (unpaired) electrons. The van der Waals surface area contributed by atoms with E-state index in [9.17, 15) is 0 Å². The van der Waals surface area contributed by atoms with Gasteiger partial charge in [0.2, 0.25) is 0 Å². The third kappa shape index (κ3) is 2.33. The molecule has 0 bridgehead atoms. The predicted molar refractivity (Wildman–Crippen MR) is 45.6 cm³/mol. The van der Waals surface area contributed by atoms with E-state index in [0.717, 1.165) is 0 Å². The molecule has 0 unspecified atom stereocenters. The van der Waals surface area contributed by atoms with Crippen LogP contribution in [-0.4, -0.2) is 37.2 Å². The lowest BCUT2D eigenvalue weighted by Gasteiger charge is -2.28. The van der Waals surface area contributed by atoms with Crippen molar-refractivity contribution in [2.75, 3.05) is 21.1 Å². The molecule has 58 valence electrons. The molecule has 0 rings (SSSR count). The van der Waals surface area contributed by atoms with Crippen molar-refractivity contribution >= 4 is 0 Å². The van der Waals surface area contributed by atoms with E-state index in [-0.39, 0.29) is 6.04 Å². The molecule has 0 saturated carbocycles. The minimum atomic E-state index is 0.231. The summed E-state index contributed by atoms with van der Waals surface area (Å²) in [7, 11) is 5.97. The fourth-order valence-electron chi connectivity index (χ4n) is 0.668. The molecule has 0 spiro atoms. The number of hydrogen-bond acceptors (Lipinski definition) is 2. The molecular formula is C8H16N2. The first-order chi connectivity index (χ1) is 4.63. The van der Waals surface area contributed by atoms with E-state index in [1.54, 1.807) is 0 Å². The molecular weight excluding hydrogens is 124 g/mol. The van der Waals surface area contributed by atoms with Crippen molar-refractivity contribution in [1.82, 2.24) is 10.0 Å². The second-order valence-electron chi connectivity index (χ2n) is 2.38. The Balaban J connectivity index is 4.00. The van der Waals surface area contributed by atoms with Gasteiger partial charge in [-0.1, -0.05) is 12.2 Å². The summed E-state index contributed by atoms with van der Waals surface area (Å²) >= 11 is 0. The molecule has 0 N–H and O–H groups in total. The number of hydrogen-bond donors (Lipinski definition) is 0. The van der Waals surface area contributed by atoms with Crippen molar-refractivity contribution in [3.8, 4) is 0 Å². The molecule has 0 aliphatic heterocycles. The van der Waals surface area contributed by atoms with Crippen LogP contribution < -0.4 is 0 Å². The van der Waals surface area contributed by atoms with Crippen molar-refractivity contribution in [1.29, 1.82) is 0 Å². The van der Waals surface area contributed by atoms with Crippen molar-refractivity contribution < 1.29 is 0 Å². The van der Waals surface area contributed by atoms with Crippen LogP contribution in [-0.2, 0) is 0 Å². The maximum Gasteiger partial charge on any atom is 0.0598 e. The van der Waals surface area contributed by atoms with Gasteiger partial charge in [-0.05, 0) is 0 Å². The minimum Gasteiger partial charge on any atom is -0.247 e. The van der Waals surface area contributed by atoms with Gasteiger partial charge in [-0.2, -0.15) is 0 Å². The Labute approximate surface area is 63.4 Å². The molecule has 0 aliphatic rings. The zero-order chi connectivity index (χ0) is 8.15. The fraction of sp³-hybridized carbons (Fsp3) is 0.500. The van der Waals surface area contributed by atoms with E-state index < -0.39 is 0 Å². The molecule has 2 heteroatoms. The largest absolute Gasteiger partial charge is 0.247 e. The van der Waals surface area contributed by atoms with E-state index in [1.165, 1.54) is 0 Å². The first-order valence-electron chi connectivity index (χ1n) is 3.28. The van der Waals surface area contributed by atoms with Gasteiger partial charge in [0.25, 0.3) is 0 Å². The standard InChI is InChI=1S/C8H16N2/c1-6-8(7-2)10(5)9(3)4/h6-8H,1-2H2,3-5H3. The van der Waals surface area contributed by atoms with E-state index in [0.29, 0.717) is 0 Å². The topological polar surface area (TPSA) is 6.48 Å². The minimum absolute atomic E-state index is 0.231. The van der Waals surface area contributed by atoms with Gasteiger partial charge < -0.3 is 0 Å². The highest BCUT2D eigenvalue weighted by molar-refractivity contribution is 4.98. The lowest BCUT2D eigenvalue weighted by Crippen LogP contribution is -2.39. The first-order valence-corrected chi connectivity index (χ1v) is 3.28. The van der Waals surface area contributed by atoms with Crippen LogP contribution in [0, 0.1) is 0 Å². The Morgan fingerprint density at radius 3 is 1.60 bits per heavy atom. The molecule has 10 heavy (non-hydrogen) atoms. The van der Waals surface area contributed by atoms with Crippen LogP contribution in [0.5, 0.6) is 0 Å². The monoisotopic (exact) mass is 140 g/mol. The zero-order valence-electron chi connectivity index (χ0n) is 7.04. The van der Waals surface area contributed by atoms with Crippen molar-refractivity contribution in [2.45, 2.75) is 6.04 Å². The fourth-order valence-corrected chi connectivity index (χ4v) is 0.668. The summed E-state index contributed by atoms with van der Waals surface area (Å²) < 4.78 is 0. The van der Waals surface area contributed by atoms with E-state index in [1.807, 2.05) is 43.3 Å². The van der Waals surface area contributed by atoms with Crippen molar-refractivity contribution in [3.63, 3.8) is 0 Å². The average molecular weight is 140 g/mol. The lowest BCUT2D eigenvalue weighted by molar-refractivity contribution is 0.0451. The second kappa shape index (κ2) is 4.25. The van der Waals surface area contributed by atoms with E-state index in [2.05, 4.69) is 13.2 Å². The van der Waals surface area contributed by atoms with Crippen molar-refractivity contribution in [3.05, 3.63) is 25.3 Å². The van der Waals surface area contributed by atoms with Gasteiger partial charge in [0.05, 0.1) is 6.04 Å². The van der Waals surface area contributed by atoms with Gasteiger partial charge in [-0.3, -0.25) is 0 Å². The number of hydrazine groups is 1. The van der Waals surface area contributed by atoms with Crippen LogP contribution in [0.2, 0.25) is 0 Å². The highest BCUT2D eigenvalue weighted by atomic mass is 15.6. The third-order valence-electron chi connectivity index (χ3n) is 1.55. The molecule has 0 heterocycles. The molecule has 0 aliphatic carbocycles. The molecule has 0 saturated heterocycles. The number of nitrogens with zero attached hydrogens (tertiary/aromatic N) is 2. The predicted octanol–water partition coefficient (Wildman–Crippen LogP) is 1.14. The van der Waals surface area contributed by atoms with Crippen LogP contribution in [0.4, 0.5) is 0 Å². The van der Waals surface area contributed by atoms with Gasteiger partial charge in [0.15, 0.2) is 0 Å². The van der Waals surface area contributed by atoms with Gasteiger partial charge >= 0.3 is 0 Å². The summed E-state index contributed by atoms with van der Waals surface area (Å²) in [5, 5.41) is 4.04. The highest BCUT2D eigenvalue weighted by Crippen LogP contribution is 1.98. The normalized spacial score (nSPS) is 11.0. The quantitative estimate of drug-likeness (QED) is 0.427. The third-order valence-corrected chi connectivity index (χ3v) is 1.55. The Bertz CT molecular complexity index is 110. The molecule has 0 aromatic heterocycles. The maximum atomic E-state index is 3.70. The van der Waals surface area contributed by atoms with Gasteiger partial charge in [-0.15, -0.1) is 13.2 Å². The second-order valence-corrected chi connectivity index (χ2v) is 2.38. The van der Waals surface area contributed by atoms with Crippen LogP contribution in [0.3, 0.4) is 0 Å². The molecule has 0 fully saturated rings. The van der Waals surface area contributed by atoms with Crippen LogP contribution in [0.1, 0.15) is 0 Å². The van der Waals surface area contributed by atoms with E-state index >= 15 is 0 Å². The Morgan fingerprint density at radius 2 is 1.50 bits per heavy atom. The summed E-state index contributed by atoms with van der Waals surface area (Å²) in [6.45, 7) is 7.39. The smallest absolute Gasteiger partial charge is 0.0598 e. The average Bonchev–Trinajstić information content (AvgIpc) is 1.90. The molecule has 0 aromatic rings. The SMILES string of the molecule is C=CC(C=C)N(C)N(C)C. The summed E-state index contributed by atoms with van der Waals surface area (Å²) in [5.74, 6) is 0. The number of likely N-dealkylation sites (N-methyl/N-ethyl adjacent to an activating group) is 1. The van der Waals surface area contributed by atoms with Gasteiger partial charge in [0, 0.05) is 21.1 Å².